The molecule has 1 heterocycles. The molecule has 0 spiro atoms. The summed E-state index contributed by atoms with van der Waals surface area (Å²) in [5.41, 5.74) is 3.54. The van der Waals surface area contributed by atoms with Gasteiger partial charge in [0.15, 0.2) is 11.5 Å². The molecule has 1 N–H and O–H groups in total. The summed E-state index contributed by atoms with van der Waals surface area (Å²) in [6.07, 6.45) is 1.60. The van der Waals surface area contributed by atoms with Crippen LogP contribution in [0.2, 0.25) is 0 Å². The van der Waals surface area contributed by atoms with E-state index in [1.165, 1.54) is 0 Å². The third kappa shape index (κ3) is 4.39. The Morgan fingerprint density at radius 2 is 1.72 bits per heavy atom. The van der Waals surface area contributed by atoms with E-state index in [1.54, 1.807) is 18.3 Å². The lowest BCUT2D eigenvalue weighted by Crippen LogP contribution is -1.95. The first-order valence-electron chi connectivity index (χ1n) is 9.99. The lowest BCUT2D eigenvalue weighted by Gasteiger charge is -2.08. The normalized spacial score (nSPS) is 10.9. The average molecular weight is 534 g/mol. The molecule has 4 aromatic rings. The van der Waals surface area contributed by atoms with Crippen LogP contribution in [0, 0.1) is 14.9 Å². The number of hydrogen-bond acceptors (Lipinski definition) is 5. The summed E-state index contributed by atoms with van der Waals surface area (Å²) in [5, 5.41) is 20.1. The number of benzene rings is 3. The van der Waals surface area contributed by atoms with Gasteiger partial charge in [-0.1, -0.05) is 60.7 Å². The molecule has 3 aromatic carbocycles. The average Bonchev–Trinajstić information content (AvgIpc) is 3.20. The van der Waals surface area contributed by atoms with Crippen LogP contribution in [0.5, 0.6) is 11.5 Å². The second-order valence-electron chi connectivity index (χ2n) is 6.87. The summed E-state index contributed by atoms with van der Waals surface area (Å²) in [4.78, 5) is 4.50. The number of aliphatic imine (C=N–C) groups is 1. The number of halogens is 1. The second kappa shape index (κ2) is 9.71. The maximum atomic E-state index is 10.2. The molecule has 0 aliphatic heterocycles. The van der Waals surface area contributed by atoms with Crippen molar-refractivity contribution >= 4 is 34.7 Å². The summed E-state index contributed by atoms with van der Waals surface area (Å²) in [6, 6.07) is 25.1. The number of rotatable bonds is 6. The van der Waals surface area contributed by atoms with Crippen molar-refractivity contribution in [2.75, 3.05) is 6.61 Å². The summed E-state index contributed by atoms with van der Waals surface area (Å²) < 4.78 is 12.3. The van der Waals surface area contributed by atoms with Crippen molar-refractivity contribution in [3.05, 3.63) is 87.5 Å². The summed E-state index contributed by atoms with van der Waals surface area (Å²) in [5.74, 6) is 1.30. The van der Waals surface area contributed by atoms with Crippen LogP contribution in [0.25, 0.3) is 22.5 Å². The molecule has 0 atom stereocenters. The van der Waals surface area contributed by atoms with Gasteiger partial charge in [-0.15, -0.1) is 0 Å². The van der Waals surface area contributed by atoms with Crippen molar-refractivity contribution in [2.45, 2.75) is 6.92 Å². The molecule has 6 heteroatoms. The van der Waals surface area contributed by atoms with Crippen LogP contribution in [-0.4, -0.2) is 17.9 Å². The van der Waals surface area contributed by atoms with Gasteiger partial charge in [-0.3, -0.25) is 0 Å². The van der Waals surface area contributed by atoms with Crippen LogP contribution in [0.4, 0.5) is 5.88 Å². The number of aromatic hydroxyl groups is 1. The largest absolute Gasteiger partial charge is 0.504 e. The first-order valence-corrected chi connectivity index (χ1v) is 11.1. The van der Waals surface area contributed by atoms with Crippen LogP contribution in [-0.2, 0) is 0 Å². The molecule has 0 saturated carbocycles. The number of furan rings is 1. The van der Waals surface area contributed by atoms with Gasteiger partial charge in [0.2, 0.25) is 5.88 Å². The predicted molar refractivity (Wildman–Crippen MR) is 134 cm³/mol. The Morgan fingerprint density at radius 3 is 2.34 bits per heavy atom. The van der Waals surface area contributed by atoms with Crippen molar-refractivity contribution in [3.8, 4) is 40.0 Å². The van der Waals surface area contributed by atoms with Gasteiger partial charge in [0.1, 0.15) is 17.4 Å². The zero-order valence-corrected chi connectivity index (χ0v) is 19.4. The third-order valence-electron chi connectivity index (χ3n) is 4.78. The molecule has 4 rings (SSSR count). The Bertz CT molecular complexity index is 1310. The molecule has 0 aliphatic rings. The Morgan fingerprint density at radius 1 is 1.06 bits per heavy atom. The topological polar surface area (TPSA) is 78.8 Å². The first kappa shape index (κ1) is 21.7. The molecule has 0 aliphatic carbocycles. The van der Waals surface area contributed by atoms with Gasteiger partial charge < -0.3 is 14.3 Å². The lowest BCUT2D eigenvalue weighted by atomic mass is 9.98. The van der Waals surface area contributed by atoms with Crippen molar-refractivity contribution in [3.63, 3.8) is 0 Å². The molecule has 32 heavy (non-hydrogen) atoms. The highest BCUT2D eigenvalue weighted by Crippen LogP contribution is 2.42. The number of phenols is 1. The Kier molecular flexibility index (Phi) is 6.57. The molecule has 1 aromatic heterocycles. The van der Waals surface area contributed by atoms with Crippen molar-refractivity contribution in [2.24, 2.45) is 4.99 Å². The van der Waals surface area contributed by atoms with Gasteiger partial charge in [-0.25, -0.2) is 4.99 Å². The van der Waals surface area contributed by atoms with Gasteiger partial charge in [0, 0.05) is 17.3 Å². The van der Waals surface area contributed by atoms with Gasteiger partial charge in [0.05, 0.1) is 10.2 Å². The van der Waals surface area contributed by atoms with E-state index in [9.17, 15) is 10.4 Å². The molecule has 158 valence electrons. The minimum Gasteiger partial charge on any atom is -0.504 e. The number of ether oxygens (including phenoxy) is 1. The zero-order chi connectivity index (χ0) is 22.5. The standard InChI is InChI=1S/C26H19IN2O3/c1-2-31-22-14-17(13-21(27)24(22)30)16-29-26-20(15-28)23(18-9-5-3-6-10-18)25(32-26)19-11-7-4-8-12-19/h3-14,16,30H,2H2,1H3. The molecule has 0 fully saturated rings. The first-order chi connectivity index (χ1) is 15.6. The highest BCUT2D eigenvalue weighted by atomic mass is 127. The Balaban J connectivity index is 1.84. The smallest absolute Gasteiger partial charge is 0.238 e. The van der Waals surface area contributed by atoms with E-state index in [1.807, 2.05) is 90.2 Å². The third-order valence-corrected chi connectivity index (χ3v) is 5.60. The highest BCUT2D eigenvalue weighted by Gasteiger charge is 2.22. The molecular weight excluding hydrogens is 515 g/mol. The summed E-state index contributed by atoms with van der Waals surface area (Å²) in [6.45, 7) is 2.28. The molecule has 0 saturated heterocycles. The quantitative estimate of drug-likeness (QED) is 0.215. The highest BCUT2D eigenvalue weighted by molar-refractivity contribution is 14.1. The van der Waals surface area contributed by atoms with Gasteiger partial charge in [0.25, 0.3) is 0 Å². The lowest BCUT2D eigenvalue weighted by molar-refractivity contribution is 0.317. The van der Waals surface area contributed by atoms with E-state index in [0.717, 1.165) is 16.7 Å². The number of hydrogen-bond donors (Lipinski definition) is 1. The zero-order valence-electron chi connectivity index (χ0n) is 17.2. The van der Waals surface area contributed by atoms with Crippen molar-refractivity contribution in [1.29, 1.82) is 5.26 Å². The van der Waals surface area contributed by atoms with E-state index in [2.05, 4.69) is 11.1 Å². The van der Waals surface area contributed by atoms with Crippen molar-refractivity contribution < 1.29 is 14.3 Å². The van der Waals surface area contributed by atoms with E-state index >= 15 is 0 Å². The minimum atomic E-state index is 0.0954. The number of nitriles is 1. The van der Waals surface area contributed by atoms with Crippen LogP contribution < -0.4 is 4.74 Å². The fraction of sp³-hybridized carbons (Fsp3) is 0.0769. The monoisotopic (exact) mass is 534 g/mol. The van der Waals surface area contributed by atoms with E-state index in [-0.39, 0.29) is 11.6 Å². The number of nitrogens with zero attached hydrogens (tertiary/aromatic N) is 2. The Labute approximate surface area is 199 Å². The Hall–Kier alpha value is -3.57. The van der Waals surface area contributed by atoms with Crippen molar-refractivity contribution in [1.82, 2.24) is 0 Å². The van der Waals surface area contributed by atoms with Crippen LogP contribution in [0.3, 0.4) is 0 Å². The molecular formula is C26H19IN2O3. The van der Waals surface area contributed by atoms with Crippen LogP contribution >= 0.6 is 22.6 Å². The van der Waals surface area contributed by atoms with Gasteiger partial charge >= 0.3 is 0 Å². The second-order valence-corrected chi connectivity index (χ2v) is 8.03. The fourth-order valence-corrected chi connectivity index (χ4v) is 3.98. The van der Waals surface area contributed by atoms with E-state index < -0.39 is 0 Å². The fourth-order valence-electron chi connectivity index (χ4n) is 3.35. The predicted octanol–water partition coefficient (Wildman–Crippen LogP) is 6.94. The summed E-state index contributed by atoms with van der Waals surface area (Å²) >= 11 is 2.04. The molecule has 5 nitrogen and oxygen atoms in total. The number of phenolic OH excluding ortho intramolecular Hbond substituents is 1. The van der Waals surface area contributed by atoms with Gasteiger partial charge in [-0.2, -0.15) is 5.26 Å². The molecule has 0 unspecified atom stereocenters. The molecule has 0 amide bonds. The SMILES string of the molecule is CCOc1cc(C=Nc2oc(-c3ccccc3)c(-c3ccccc3)c2C#N)cc(I)c1O. The molecule has 0 radical (unpaired) electrons. The van der Waals surface area contributed by atoms with E-state index in [4.69, 9.17) is 9.15 Å². The maximum Gasteiger partial charge on any atom is 0.238 e. The van der Waals surface area contributed by atoms with Crippen LogP contribution in [0.15, 0.2) is 82.2 Å². The minimum absolute atomic E-state index is 0.0954. The molecule has 0 bridgehead atoms. The maximum absolute atomic E-state index is 10.2. The van der Waals surface area contributed by atoms with Crippen LogP contribution in [0.1, 0.15) is 18.1 Å². The summed E-state index contributed by atoms with van der Waals surface area (Å²) in [7, 11) is 0. The van der Waals surface area contributed by atoms with Gasteiger partial charge in [-0.05, 0) is 52.8 Å². The van der Waals surface area contributed by atoms with E-state index in [0.29, 0.717) is 32.8 Å².